The number of hydrogen-bond donors (Lipinski definition) is 2. The molecular weight excluding hydrogens is 288 g/mol. The van der Waals surface area contributed by atoms with E-state index in [1.54, 1.807) is 38.1 Å². The lowest BCUT2D eigenvalue weighted by Crippen LogP contribution is -2.43. The SMILES string of the molecule is CC(C)C(C(=O)NCC(=O)O)n1nnc2ccccc2c1=O. The second-order valence-electron chi connectivity index (χ2n) is 5.16. The van der Waals surface area contributed by atoms with Gasteiger partial charge in [-0.25, -0.2) is 0 Å². The number of amides is 1. The van der Waals surface area contributed by atoms with Crippen LogP contribution >= 0.6 is 0 Å². The summed E-state index contributed by atoms with van der Waals surface area (Å²) in [5.41, 5.74) is 0.00646. The van der Waals surface area contributed by atoms with E-state index in [0.29, 0.717) is 10.9 Å². The van der Waals surface area contributed by atoms with Crippen LogP contribution in [0.4, 0.5) is 0 Å². The van der Waals surface area contributed by atoms with E-state index in [2.05, 4.69) is 15.6 Å². The highest BCUT2D eigenvalue weighted by molar-refractivity contribution is 5.84. The highest BCUT2D eigenvalue weighted by Gasteiger charge is 2.27. The molecule has 1 heterocycles. The lowest BCUT2D eigenvalue weighted by atomic mass is 10.0. The van der Waals surface area contributed by atoms with E-state index in [0.717, 1.165) is 4.68 Å². The molecule has 1 aromatic heterocycles. The van der Waals surface area contributed by atoms with Gasteiger partial charge in [0.2, 0.25) is 5.91 Å². The van der Waals surface area contributed by atoms with Gasteiger partial charge in [-0.15, -0.1) is 5.10 Å². The summed E-state index contributed by atoms with van der Waals surface area (Å²) >= 11 is 0. The molecule has 116 valence electrons. The summed E-state index contributed by atoms with van der Waals surface area (Å²) in [7, 11) is 0. The lowest BCUT2D eigenvalue weighted by molar-refractivity contribution is -0.138. The molecule has 8 heteroatoms. The second-order valence-corrected chi connectivity index (χ2v) is 5.16. The highest BCUT2D eigenvalue weighted by Crippen LogP contribution is 2.15. The summed E-state index contributed by atoms with van der Waals surface area (Å²) in [6.07, 6.45) is 0. The molecule has 0 aliphatic carbocycles. The number of nitrogens with zero attached hydrogens (tertiary/aromatic N) is 3. The molecule has 8 nitrogen and oxygen atoms in total. The minimum Gasteiger partial charge on any atom is -0.480 e. The molecule has 2 aromatic rings. The van der Waals surface area contributed by atoms with Crippen molar-refractivity contribution in [2.75, 3.05) is 6.54 Å². The summed E-state index contributed by atoms with van der Waals surface area (Å²) in [5.74, 6) is -2.00. The number of aromatic nitrogens is 3. The third-order valence-corrected chi connectivity index (χ3v) is 3.17. The van der Waals surface area contributed by atoms with Crippen LogP contribution in [0.5, 0.6) is 0 Å². The first-order valence-electron chi connectivity index (χ1n) is 6.75. The number of aliphatic carboxylic acids is 1. The molecule has 1 amide bonds. The monoisotopic (exact) mass is 304 g/mol. The number of nitrogens with one attached hydrogen (secondary N) is 1. The number of rotatable bonds is 5. The summed E-state index contributed by atoms with van der Waals surface area (Å²) in [6.45, 7) is 2.97. The normalized spacial score (nSPS) is 12.3. The van der Waals surface area contributed by atoms with Gasteiger partial charge in [-0.3, -0.25) is 14.4 Å². The summed E-state index contributed by atoms with van der Waals surface area (Å²) in [6, 6.07) is 5.77. The number of carboxylic acids is 1. The van der Waals surface area contributed by atoms with Gasteiger partial charge in [0.25, 0.3) is 5.56 Å². The van der Waals surface area contributed by atoms with E-state index in [-0.39, 0.29) is 5.92 Å². The Kier molecular flexibility index (Phi) is 4.50. The zero-order valence-corrected chi connectivity index (χ0v) is 12.2. The Hall–Kier alpha value is -2.77. The zero-order valence-electron chi connectivity index (χ0n) is 12.2. The van der Waals surface area contributed by atoms with Crippen molar-refractivity contribution >= 4 is 22.8 Å². The van der Waals surface area contributed by atoms with Gasteiger partial charge in [-0.1, -0.05) is 31.2 Å². The number of fused-ring (bicyclic) bond motifs is 1. The molecule has 2 N–H and O–H groups in total. The average Bonchev–Trinajstić information content (AvgIpc) is 2.47. The maximum absolute atomic E-state index is 12.5. The van der Waals surface area contributed by atoms with Gasteiger partial charge < -0.3 is 10.4 Å². The van der Waals surface area contributed by atoms with E-state index >= 15 is 0 Å². The Balaban J connectivity index is 2.45. The average molecular weight is 304 g/mol. The minimum absolute atomic E-state index is 0.262. The predicted molar refractivity (Wildman–Crippen MR) is 78.3 cm³/mol. The van der Waals surface area contributed by atoms with E-state index in [1.807, 2.05) is 0 Å². The molecule has 0 spiro atoms. The van der Waals surface area contributed by atoms with Gasteiger partial charge in [0, 0.05) is 0 Å². The largest absolute Gasteiger partial charge is 0.480 e. The molecule has 2 rings (SSSR count). The third kappa shape index (κ3) is 3.11. The van der Waals surface area contributed by atoms with Gasteiger partial charge in [-0.2, -0.15) is 4.68 Å². The van der Waals surface area contributed by atoms with Crippen LogP contribution < -0.4 is 10.9 Å². The standard InChI is InChI=1S/C14H16N4O4/c1-8(2)12(13(21)15-7-11(19)20)18-14(22)9-5-3-4-6-10(9)16-17-18/h3-6,8,12H,7H2,1-2H3,(H,15,21)(H,19,20). The van der Waals surface area contributed by atoms with Crippen LogP contribution in [0.3, 0.4) is 0 Å². The van der Waals surface area contributed by atoms with Crippen molar-refractivity contribution in [2.24, 2.45) is 5.92 Å². The Morgan fingerprint density at radius 1 is 1.32 bits per heavy atom. The van der Waals surface area contributed by atoms with Crippen LogP contribution in [-0.4, -0.2) is 38.5 Å². The first-order valence-corrected chi connectivity index (χ1v) is 6.75. The van der Waals surface area contributed by atoms with Crippen LogP contribution in [0.15, 0.2) is 29.1 Å². The number of carbonyl (C=O) groups excluding carboxylic acids is 1. The van der Waals surface area contributed by atoms with Crippen molar-refractivity contribution in [3.05, 3.63) is 34.6 Å². The number of hydrogen-bond acceptors (Lipinski definition) is 5. The molecular formula is C14H16N4O4. The Morgan fingerprint density at radius 3 is 2.64 bits per heavy atom. The maximum atomic E-state index is 12.5. The van der Waals surface area contributed by atoms with Crippen molar-refractivity contribution in [1.82, 2.24) is 20.3 Å². The molecule has 1 aromatic carbocycles. The first-order chi connectivity index (χ1) is 10.4. The molecule has 0 saturated carbocycles. The van der Waals surface area contributed by atoms with Crippen LogP contribution in [0, 0.1) is 5.92 Å². The summed E-state index contributed by atoms with van der Waals surface area (Å²) < 4.78 is 1.00. The van der Waals surface area contributed by atoms with E-state index < -0.39 is 30.0 Å². The van der Waals surface area contributed by atoms with Gasteiger partial charge >= 0.3 is 5.97 Å². The fourth-order valence-electron chi connectivity index (χ4n) is 2.15. The van der Waals surface area contributed by atoms with Gasteiger partial charge in [0.1, 0.15) is 18.1 Å². The zero-order chi connectivity index (χ0) is 16.3. The molecule has 0 fully saturated rings. The minimum atomic E-state index is -1.16. The number of benzene rings is 1. The van der Waals surface area contributed by atoms with Crippen molar-refractivity contribution in [1.29, 1.82) is 0 Å². The second kappa shape index (κ2) is 6.33. The topological polar surface area (TPSA) is 114 Å². The highest BCUT2D eigenvalue weighted by atomic mass is 16.4. The smallest absolute Gasteiger partial charge is 0.322 e. The summed E-state index contributed by atoms with van der Waals surface area (Å²) in [5, 5.41) is 19.0. The fraction of sp³-hybridized carbons (Fsp3) is 0.357. The van der Waals surface area contributed by atoms with Crippen molar-refractivity contribution in [3.8, 4) is 0 Å². The quantitative estimate of drug-likeness (QED) is 0.815. The van der Waals surface area contributed by atoms with Gasteiger partial charge in [0.15, 0.2) is 0 Å². The molecule has 0 aliphatic heterocycles. The first kappa shape index (κ1) is 15.6. The number of carboxylic acid groups (broad SMARTS) is 1. The third-order valence-electron chi connectivity index (χ3n) is 3.17. The van der Waals surface area contributed by atoms with Crippen molar-refractivity contribution < 1.29 is 14.7 Å². The lowest BCUT2D eigenvalue weighted by Gasteiger charge is -2.20. The molecule has 0 aliphatic rings. The molecule has 0 saturated heterocycles. The molecule has 0 bridgehead atoms. The molecule has 0 radical (unpaired) electrons. The number of carbonyl (C=O) groups is 2. The van der Waals surface area contributed by atoms with E-state index in [1.165, 1.54) is 0 Å². The van der Waals surface area contributed by atoms with Crippen LogP contribution in [0.25, 0.3) is 10.9 Å². The Morgan fingerprint density at radius 2 is 2.00 bits per heavy atom. The molecule has 22 heavy (non-hydrogen) atoms. The summed E-state index contributed by atoms with van der Waals surface area (Å²) in [4.78, 5) is 35.2. The molecule has 1 atom stereocenters. The van der Waals surface area contributed by atoms with E-state index in [9.17, 15) is 14.4 Å². The Labute approximate surface area is 125 Å². The van der Waals surface area contributed by atoms with Crippen LogP contribution in [0.2, 0.25) is 0 Å². The van der Waals surface area contributed by atoms with Crippen molar-refractivity contribution in [3.63, 3.8) is 0 Å². The maximum Gasteiger partial charge on any atom is 0.322 e. The van der Waals surface area contributed by atoms with E-state index in [4.69, 9.17) is 5.11 Å². The van der Waals surface area contributed by atoms with Crippen LogP contribution in [0.1, 0.15) is 19.9 Å². The fourth-order valence-corrected chi connectivity index (χ4v) is 2.15. The van der Waals surface area contributed by atoms with Gasteiger partial charge in [0.05, 0.1) is 5.39 Å². The molecule has 1 unspecified atom stereocenters. The van der Waals surface area contributed by atoms with Crippen molar-refractivity contribution in [2.45, 2.75) is 19.9 Å². The Bertz CT molecular complexity index is 769. The predicted octanol–water partition coefficient (Wildman–Crippen LogP) is 0.189. The van der Waals surface area contributed by atoms with Gasteiger partial charge in [-0.05, 0) is 18.1 Å². The van der Waals surface area contributed by atoms with Crippen LogP contribution in [-0.2, 0) is 9.59 Å².